The van der Waals surface area contributed by atoms with Crippen molar-refractivity contribution in [1.82, 2.24) is 9.78 Å². The fourth-order valence-electron chi connectivity index (χ4n) is 1.73. The molecular weight excluding hydrogens is 226 g/mol. The number of hydrogen-bond donors (Lipinski definition) is 1. The molecule has 1 N–H and O–H groups in total. The van der Waals surface area contributed by atoms with Crippen LogP contribution < -0.4 is 5.32 Å². The van der Waals surface area contributed by atoms with Crippen LogP contribution in [0.4, 0.5) is 5.69 Å². The number of carbonyl (C=O) groups is 1. The number of benzene rings is 1. The molecule has 94 valence electrons. The molecule has 1 aromatic carbocycles. The second kappa shape index (κ2) is 6.00. The van der Waals surface area contributed by atoms with E-state index in [4.69, 9.17) is 0 Å². The van der Waals surface area contributed by atoms with E-state index in [-0.39, 0.29) is 5.91 Å². The molecule has 0 saturated heterocycles. The molecule has 0 aliphatic rings. The molecule has 1 amide bonds. The van der Waals surface area contributed by atoms with Crippen molar-refractivity contribution in [3.05, 3.63) is 48.3 Å². The van der Waals surface area contributed by atoms with Gasteiger partial charge in [-0.2, -0.15) is 5.10 Å². The zero-order valence-electron chi connectivity index (χ0n) is 10.5. The Hall–Kier alpha value is -2.10. The van der Waals surface area contributed by atoms with Crippen LogP contribution in [-0.2, 0) is 17.8 Å². The van der Waals surface area contributed by atoms with Crippen LogP contribution in [-0.4, -0.2) is 15.7 Å². The second-order valence-electron chi connectivity index (χ2n) is 4.12. The molecule has 2 aromatic rings. The smallest absolute Gasteiger partial charge is 0.224 e. The van der Waals surface area contributed by atoms with E-state index in [0.717, 1.165) is 18.7 Å². The molecule has 0 spiro atoms. The molecule has 1 heterocycles. The van der Waals surface area contributed by atoms with Gasteiger partial charge in [-0.05, 0) is 18.9 Å². The van der Waals surface area contributed by atoms with Crippen LogP contribution in [0, 0.1) is 0 Å². The standard InChI is InChI=1S/C14H17N3O/c1-2-17-11-13(10-15-17)16-14(18)9-8-12-6-4-3-5-7-12/h3-7,10-11H,2,8-9H2,1H3,(H,16,18). The highest BCUT2D eigenvalue weighted by atomic mass is 16.1. The van der Waals surface area contributed by atoms with Crippen molar-refractivity contribution in [3.8, 4) is 0 Å². The van der Waals surface area contributed by atoms with Crippen LogP contribution in [0.5, 0.6) is 0 Å². The molecule has 0 saturated carbocycles. The number of nitrogens with one attached hydrogen (secondary N) is 1. The van der Waals surface area contributed by atoms with Crippen molar-refractivity contribution < 1.29 is 4.79 Å². The lowest BCUT2D eigenvalue weighted by Gasteiger charge is -2.02. The first-order valence-corrected chi connectivity index (χ1v) is 6.14. The van der Waals surface area contributed by atoms with Gasteiger partial charge in [0, 0.05) is 19.2 Å². The minimum atomic E-state index is 0.0227. The Morgan fingerprint density at radius 2 is 2.11 bits per heavy atom. The normalized spacial score (nSPS) is 10.3. The predicted octanol–water partition coefficient (Wildman–Crippen LogP) is 2.47. The molecule has 0 fully saturated rings. The van der Waals surface area contributed by atoms with Gasteiger partial charge in [0.15, 0.2) is 0 Å². The minimum Gasteiger partial charge on any atom is -0.323 e. The summed E-state index contributed by atoms with van der Waals surface area (Å²) in [5, 5.41) is 6.95. The lowest BCUT2D eigenvalue weighted by atomic mass is 10.1. The summed E-state index contributed by atoms with van der Waals surface area (Å²) in [6.45, 7) is 2.81. The van der Waals surface area contributed by atoms with E-state index < -0.39 is 0 Å². The molecule has 0 bridgehead atoms. The number of amides is 1. The lowest BCUT2D eigenvalue weighted by Crippen LogP contribution is -2.11. The van der Waals surface area contributed by atoms with E-state index in [2.05, 4.69) is 10.4 Å². The van der Waals surface area contributed by atoms with Gasteiger partial charge in [-0.25, -0.2) is 0 Å². The average Bonchev–Trinajstić information content (AvgIpc) is 2.85. The summed E-state index contributed by atoms with van der Waals surface area (Å²) < 4.78 is 1.78. The number of aromatic nitrogens is 2. The SMILES string of the molecule is CCn1cc(NC(=O)CCc2ccccc2)cn1. The fraction of sp³-hybridized carbons (Fsp3) is 0.286. The Labute approximate surface area is 107 Å². The largest absolute Gasteiger partial charge is 0.323 e. The predicted molar refractivity (Wildman–Crippen MR) is 71.3 cm³/mol. The summed E-state index contributed by atoms with van der Waals surface area (Å²) in [5.74, 6) is 0.0227. The third-order valence-corrected chi connectivity index (χ3v) is 2.72. The highest BCUT2D eigenvalue weighted by Gasteiger charge is 2.04. The summed E-state index contributed by atoms with van der Waals surface area (Å²) in [5.41, 5.74) is 1.94. The van der Waals surface area contributed by atoms with Gasteiger partial charge in [-0.15, -0.1) is 0 Å². The van der Waals surface area contributed by atoms with Gasteiger partial charge >= 0.3 is 0 Å². The number of rotatable bonds is 5. The van der Waals surface area contributed by atoms with Crippen LogP contribution in [0.15, 0.2) is 42.7 Å². The molecule has 18 heavy (non-hydrogen) atoms. The van der Waals surface area contributed by atoms with Crippen LogP contribution in [0.1, 0.15) is 18.9 Å². The molecule has 0 radical (unpaired) electrons. The van der Waals surface area contributed by atoms with Gasteiger partial charge in [0.05, 0.1) is 11.9 Å². The molecule has 0 aliphatic carbocycles. The van der Waals surface area contributed by atoms with Crippen molar-refractivity contribution in [2.75, 3.05) is 5.32 Å². The maximum atomic E-state index is 11.7. The van der Waals surface area contributed by atoms with Gasteiger partial charge < -0.3 is 5.32 Å². The number of carbonyl (C=O) groups excluding carboxylic acids is 1. The van der Waals surface area contributed by atoms with E-state index in [1.165, 1.54) is 5.56 Å². The minimum absolute atomic E-state index is 0.0227. The molecule has 0 atom stereocenters. The van der Waals surface area contributed by atoms with Crippen molar-refractivity contribution in [3.63, 3.8) is 0 Å². The summed E-state index contributed by atoms with van der Waals surface area (Å²) in [6, 6.07) is 10.0. The van der Waals surface area contributed by atoms with Gasteiger partial charge in [-0.1, -0.05) is 30.3 Å². The summed E-state index contributed by atoms with van der Waals surface area (Å²) in [7, 11) is 0. The molecule has 1 aromatic heterocycles. The molecule has 2 rings (SSSR count). The van der Waals surface area contributed by atoms with Gasteiger partial charge in [0.1, 0.15) is 0 Å². The molecule has 0 unspecified atom stereocenters. The highest BCUT2D eigenvalue weighted by Crippen LogP contribution is 2.07. The Bertz CT molecular complexity index is 505. The Balaban J connectivity index is 1.82. The fourth-order valence-corrected chi connectivity index (χ4v) is 1.73. The molecule has 4 nitrogen and oxygen atoms in total. The van der Waals surface area contributed by atoms with Crippen molar-refractivity contribution >= 4 is 11.6 Å². The van der Waals surface area contributed by atoms with E-state index in [1.54, 1.807) is 10.9 Å². The van der Waals surface area contributed by atoms with Crippen molar-refractivity contribution in [2.45, 2.75) is 26.3 Å². The second-order valence-corrected chi connectivity index (χ2v) is 4.12. The van der Waals surface area contributed by atoms with Crippen LogP contribution >= 0.6 is 0 Å². The zero-order chi connectivity index (χ0) is 12.8. The average molecular weight is 243 g/mol. The molecule has 4 heteroatoms. The first-order chi connectivity index (χ1) is 8.78. The van der Waals surface area contributed by atoms with E-state index >= 15 is 0 Å². The first-order valence-electron chi connectivity index (χ1n) is 6.14. The number of hydrogen-bond acceptors (Lipinski definition) is 2. The van der Waals surface area contributed by atoms with Gasteiger partial charge in [-0.3, -0.25) is 9.48 Å². The highest BCUT2D eigenvalue weighted by molar-refractivity contribution is 5.90. The summed E-state index contributed by atoms with van der Waals surface area (Å²) >= 11 is 0. The van der Waals surface area contributed by atoms with Crippen molar-refractivity contribution in [1.29, 1.82) is 0 Å². The monoisotopic (exact) mass is 243 g/mol. The van der Waals surface area contributed by atoms with Crippen molar-refractivity contribution in [2.24, 2.45) is 0 Å². The Morgan fingerprint density at radius 1 is 1.33 bits per heavy atom. The molecular formula is C14H17N3O. The maximum absolute atomic E-state index is 11.7. The van der Waals surface area contributed by atoms with Gasteiger partial charge in [0.2, 0.25) is 5.91 Å². The van der Waals surface area contributed by atoms with Crippen LogP contribution in [0.2, 0.25) is 0 Å². The number of anilines is 1. The Kier molecular flexibility index (Phi) is 4.12. The van der Waals surface area contributed by atoms with Crippen LogP contribution in [0.25, 0.3) is 0 Å². The number of aryl methyl sites for hydroxylation is 2. The number of nitrogens with zero attached hydrogens (tertiary/aromatic N) is 2. The quantitative estimate of drug-likeness (QED) is 0.877. The lowest BCUT2D eigenvalue weighted by molar-refractivity contribution is -0.116. The zero-order valence-corrected chi connectivity index (χ0v) is 10.5. The maximum Gasteiger partial charge on any atom is 0.224 e. The van der Waals surface area contributed by atoms with E-state index in [0.29, 0.717) is 6.42 Å². The van der Waals surface area contributed by atoms with E-state index in [9.17, 15) is 4.79 Å². The third-order valence-electron chi connectivity index (χ3n) is 2.72. The van der Waals surface area contributed by atoms with E-state index in [1.807, 2.05) is 43.5 Å². The summed E-state index contributed by atoms with van der Waals surface area (Å²) in [6.07, 6.45) is 4.75. The topological polar surface area (TPSA) is 46.9 Å². The molecule has 0 aliphatic heterocycles. The summed E-state index contributed by atoms with van der Waals surface area (Å²) in [4.78, 5) is 11.7. The van der Waals surface area contributed by atoms with Gasteiger partial charge in [0.25, 0.3) is 0 Å². The van der Waals surface area contributed by atoms with Crippen LogP contribution in [0.3, 0.4) is 0 Å². The first kappa shape index (κ1) is 12.4. The Morgan fingerprint density at radius 3 is 2.78 bits per heavy atom. The third kappa shape index (κ3) is 3.45.